The van der Waals surface area contributed by atoms with Crippen LogP contribution in [0.2, 0.25) is 0 Å². The SMILES string of the molecule is Oc1ccccc1CNc1cc(F)cc(F)c1F. The molecule has 0 aliphatic heterocycles. The van der Waals surface area contributed by atoms with Gasteiger partial charge in [-0.15, -0.1) is 0 Å². The van der Waals surface area contributed by atoms with Crippen LogP contribution >= 0.6 is 0 Å². The minimum atomic E-state index is -1.25. The van der Waals surface area contributed by atoms with Crippen LogP contribution in [-0.2, 0) is 6.54 Å². The third-order valence-electron chi connectivity index (χ3n) is 2.45. The number of halogens is 3. The summed E-state index contributed by atoms with van der Waals surface area (Å²) in [7, 11) is 0. The van der Waals surface area contributed by atoms with Crippen LogP contribution < -0.4 is 5.32 Å². The van der Waals surface area contributed by atoms with E-state index in [1.165, 1.54) is 6.07 Å². The van der Waals surface area contributed by atoms with E-state index in [4.69, 9.17) is 0 Å². The summed E-state index contributed by atoms with van der Waals surface area (Å²) < 4.78 is 39.2. The minimum absolute atomic E-state index is 0.0299. The Morgan fingerprint density at radius 1 is 1.06 bits per heavy atom. The maximum atomic E-state index is 13.3. The fourth-order valence-corrected chi connectivity index (χ4v) is 1.54. The Labute approximate surface area is 102 Å². The highest BCUT2D eigenvalue weighted by Crippen LogP contribution is 2.22. The average molecular weight is 253 g/mol. The zero-order valence-electron chi connectivity index (χ0n) is 9.25. The molecule has 2 nitrogen and oxygen atoms in total. The first-order valence-electron chi connectivity index (χ1n) is 5.23. The van der Waals surface area contributed by atoms with Gasteiger partial charge in [0.1, 0.15) is 11.6 Å². The highest BCUT2D eigenvalue weighted by molar-refractivity contribution is 5.47. The van der Waals surface area contributed by atoms with E-state index in [9.17, 15) is 18.3 Å². The molecule has 18 heavy (non-hydrogen) atoms. The van der Waals surface area contributed by atoms with E-state index in [0.29, 0.717) is 11.6 Å². The van der Waals surface area contributed by atoms with Crippen molar-refractivity contribution in [2.45, 2.75) is 6.54 Å². The first-order valence-corrected chi connectivity index (χ1v) is 5.23. The maximum absolute atomic E-state index is 13.3. The molecule has 2 aromatic rings. The second-order valence-corrected chi connectivity index (χ2v) is 3.73. The van der Waals surface area contributed by atoms with E-state index in [2.05, 4.69) is 5.32 Å². The molecule has 2 aromatic carbocycles. The molecule has 0 saturated heterocycles. The van der Waals surface area contributed by atoms with Crippen molar-refractivity contribution in [3.05, 3.63) is 59.4 Å². The van der Waals surface area contributed by atoms with E-state index >= 15 is 0 Å². The topological polar surface area (TPSA) is 32.3 Å². The summed E-state index contributed by atoms with van der Waals surface area (Å²) >= 11 is 0. The molecule has 0 spiro atoms. The van der Waals surface area contributed by atoms with E-state index in [1.54, 1.807) is 18.2 Å². The van der Waals surface area contributed by atoms with Gasteiger partial charge in [0.05, 0.1) is 5.69 Å². The molecule has 0 radical (unpaired) electrons. The zero-order valence-corrected chi connectivity index (χ0v) is 9.25. The molecule has 5 heteroatoms. The predicted molar refractivity (Wildman–Crippen MR) is 61.7 cm³/mol. The lowest BCUT2D eigenvalue weighted by atomic mass is 10.2. The largest absolute Gasteiger partial charge is 0.508 e. The highest BCUT2D eigenvalue weighted by Gasteiger charge is 2.11. The summed E-state index contributed by atoms with van der Waals surface area (Å²) in [5, 5.41) is 12.0. The number of rotatable bonds is 3. The fourth-order valence-electron chi connectivity index (χ4n) is 1.54. The van der Waals surface area contributed by atoms with E-state index < -0.39 is 17.5 Å². The normalized spacial score (nSPS) is 10.4. The van der Waals surface area contributed by atoms with Crippen LogP contribution in [-0.4, -0.2) is 5.11 Å². The molecule has 2 rings (SSSR count). The van der Waals surface area contributed by atoms with Crippen molar-refractivity contribution in [2.75, 3.05) is 5.32 Å². The smallest absolute Gasteiger partial charge is 0.182 e. The molecule has 0 aliphatic carbocycles. The van der Waals surface area contributed by atoms with Gasteiger partial charge in [-0.05, 0) is 6.07 Å². The molecule has 0 saturated carbocycles. The van der Waals surface area contributed by atoms with Crippen molar-refractivity contribution in [3.63, 3.8) is 0 Å². The average Bonchev–Trinajstić information content (AvgIpc) is 2.33. The van der Waals surface area contributed by atoms with Crippen molar-refractivity contribution in [3.8, 4) is 5.75 Å². The Kier molecular flexibility index (Phi) is 3.41. The molecule has 0 aromatic heterocycles. The quantitative estimate of drug-likeness (QED) is 0.821. The van der Waals surface area contributed by atoms with Gasteiger partial charge in [-0.2, -0.15) is 0 Å². The molecule has 0 amide bonds. The second-order valence-electron chi connectivity index (χ2n) is 3.73. The molecule has 0 unspecified atom stereocenters. The number of phenols is 1. The highest BCUT2D eigenvalue weighted by atomic mass is 19.2. The van der Waals surface area contributed by atoms with Crippen LogP contribution in [0.4, 0.5) is 18.9 Å². The van der Waals surface area contributed by atoms with E-state index in [0.717, 1.165) is 6.07 Å². The number of benzene rings is 2. The first kappa shape index (κ1) is 12.3. The predicted octanol–water partition coefficient (Wildman–Crippen LogP) is 3.42. The second kappa shape index (κ2) is 5.00. The molecular weight excluding hydrogens is 243 g/mol. The van der Waals surface area contributed by atoms with Crippen molar-refractivity contribution in [2.24, 2.45) is 0 Å². The summed E-state index contributed by atoms with van der Waals surface area (Å²) in [6.45, 7) is 0.0620. The van der Waals surface area contributed by atoms with Crippen LogP contribution in [0.1, 0.15) is 5.56 Å². The molecule has 0 atom stereocenters. The number of phenolic OH excluding ortho intramolecular Hbond substituents is 1. The Balaban J connectivity index is 2.18. The third-order valence-corrected chi connectivity index (χ3v) is 2.45. The molecule has 0 heterocycles. The van der Waals surface area contributed by atoms with Gasteiger partial charge in [-0.25, -0.2) is 13.2 Å². The van der Waals surface area contributed by atoms with Gasteiger partial charge >= 0.3 is 0 Å². The number of hydrogen-bond acceptors (Lipinski definition) is 2. The fraction of sp³-hybridized carbons (Fsp3) is 0.0769. The van der Waals surface area contributed by atoms with Gasteiger partial charge < -0.3 is 10.4 Å². The number of anilines is 1. The van der Waals surface area contributed by atoms with E-state index in [1.807, 2.05) is 0 Å². The summed E-state index contributed by atoms with van der Waals surface area (Å²) in [6.07, 6.45) is 0. The first-order chi connectivity index (χ1) is 8.58. The number of nitrogens with one attached hydrogen (secondary N) is 1. The van der Waals surface area contributed by atoms with Gasteiger partial charge in [-0.1, -0.05) is 18.2 Å². The van der Waals surface area contributed by atoms with Crippen LogP contribution in [0.25, 0.3) is 0 Å². The Morgan fingerprint density at radius 2 is 1.78 bits per heavy atom. The van der Waals surface area contributed by atoms with Crippen molar-refractivity contribution >= 4 is 5.69 Å². The van der Waals surface area contributed by atoms with Gasteiger partial charge in [0, 0.05) is 24.2 Å². The van der Waals surface area contributed by atoms with Crippen molar-refractivity contribution in [1.29, 1.82) is 0 Å². The summed E-state index contributed by atoms with van der Waals surface area (Å²) in [5.74, 6) is -3.24. The Bertz CT molecular complexity index is 572. The molecule has 0 fully saturated rings. The summed E-state index contributed by atoms with van der Waals surface area (Å²) in [6, 6.07) is 7.76. The van der Waals surface area contributed by atoms with Crippen LogP contribution in [0, 0.1) is 17.5 Å². The number of aromatic hydroxyl groups is 1. The van der Waals surface area contributed by atoms with Crippen molar-refractivity contribution < 1.29 is 18.3 Å². The molecule has 0 bridgehead atoms. The maximum Gasteiger partial charge on any atom is 0.182 e. The number of para-hydroxylation sites is 1. The van der Waals surface area contributed by atoms with E-state index in [-0.39, 0.29) is 18.0 Å². The molecule has 0 aliphatic rings. The molecule has 2 N–H and O–H groups in total. The van der Waals surface area contributed by atoms with Crippen LogP contribution in [0.3, 0.4) is 0 Å². The number of hydrogen-bond donors (Lipinski definition) is 2. The lowest BCUT2D eigenvalue weighted by Gasteiger charge is -2.09. The minimum Gasteiger partial charge on any atom is -0.508 e. The van der Waals surface area contributed by atoms with Gasteiger partial charge in [0.2, 0.25) is 0 Å². The Hall–Kier alpha value is -2.17. The molecular formula is C13H10F3NO. The van der Waals surface area contributed by atoms with Gasteiger partial charge in [0.25, 0.3) is 0 Å². The lowest BCUT2D eigenvalue weighted by Crippen LogP contribution is -2.03. The van der Waals surface area contributed by atoms with Crippen molar-refractivity contribution in [1.82, 2.24) is 0 Å². The Morgan fingerprint density at radius 3 is 2.50 bits per heavy atom. The standard InChI is InChI=1S/C13H10F3NO/c14-9-5-10(15)13(16)11(6-9)17-7-8-3-1-2-4-12(8)18/h1-6,17-18H,7H2. The zero-order chi connectivity index (χ0) is 13.1. The van der Waals surface area contributed by atoms with Gasteiger partial charge in [-0.3, -0.25) is 0 Å². The third kappa shape index (κ3) is 2.56. The lowest BCUT2D eigenvalue weighted by molar-refractivity contribution is 0.469. The summed E-state index contributed by atoms with van der Waals surface area (Å²) in [5.41, 5.74) is 0.220. The summed E-state index contributed by atoms with van der Waals surface area (Å²) in [4.78, 5) is 0. The monoisotopic (exact) mass is 253 g/mol. The van der Waals surface area contributed by atoms with Crippen LogP contribution in [0.15, 0.2) is 36.4 Å². The van der Waals surface area contributed by atoms with Gasteiger partial charge in [0.15, 0.2) is 11.6 Å². The molecule has 94 valence electrons. The van der Waals surface area contributed by atoms with Crippen LogP contribution in [0.5, 0.6) is 5.75 Å².